The Morgan fingerprint density at radius 1 is 1.35 bits per heavy atom. The van der Waals surface area contributed by atoms with Gasteiger partial charge in [0, 0.05) is 12.1 Å². The van der Waals surface area contributed by atoms with Crippen LogP contribution in [0, 0.1) is 5.82 Å². The van der Waals surface area contributed by atoms with E-state index >= 15 is 0 Å². The average molecular weight is 296 g/mol. The molecule has 0 bridgehead atoms. The standard InChI is InChI=1S/C14H15ClFN3O/c1-18(2)7-8-19-13(12(15)9-17-19)14(20)10-3-5-11(16)6-4-10/h3-6,9H,7-8H2,1-2H3. The molecule has 20 heavy (non-hydrogen) atoms. The van der Waals surface area contributed by atoms with Crippen LogP contribution in [0.4, 0.5) is 4.39 Å². The maximum atomic E-state index is 12.9. The molecule has 1 aromatic carbocycles. The van der Waals surface area contributed by atoms with Crippen LogP contribution in [0.25, 0.3) is 0 Å². The SMILES string of the molecule is CN(C)CCn1ncc(Cl)c1C(=O)c1ccc(F)cc1. The monoisotopic (exact) mass is 295 g/mol. The van der Waals surface area contributed by atoms with Gasteiger partial charge in [-0.25, -0.2) is 4.39 Å². The van der Waals surface area contributed by atoms with Crippen molar-refractivity contribution in [2.75, 3.05) is 20.6 Å². The zero-order valence-corrected chi connectivity index (χ0v) is 12.1. The Morgan fingerprint density at radius 2 is 2.00 bits per heavy atom. The summed E-state index contributed by atoms with van der Waals surface area (Å²) < 4.78 is 14.5. The van der Waals surface area contributed by atoms with Crippen molar-refractivity contribution < 1.29 is 9.18 Å². The lowest BCUT2D eigenvalue weighted by molar-refractivity contribution is 0.102. The lowest BCUT2D eigenvalue weighted by atomic mass is 10.1. The zero-order valence-electron chi connectivity index (χ0n) is 11.3. The molecule has 4 nitrogen and oxygen atoms in total. The summed E-state index contributed by atoms with van der Waals surface area (Å²) in [6.45, 7) is 1.30. The molecule has 0 amide bonds. The third-order valence-electron chi connectivity index (χ3n) is 2.88. The first-order valence-corrected chi connectivity index (χ1v) is 6.53. The van der Waals surface area contributed by atoms with Gasteiger partial charge in [-0.3, -0.25) is 9.48 Å². The second-order valence-electron chi connectivity index (χ2n) is 4.70. The molecule has 0 N–H and O–H groups in total. The van der Waals surface area contributed by atoms with Crippen LogP contribution in [-0.4, -0.2) is 41.1 Å². The number of nitrogens with zero attached hydrogens (tertiary/aromatic N) is 3. The second-order valence-corrected chi connectivity index (χ2v) is 5.11. The third kappa shape index (κ3) is 3.23. The van der Waals surface area contributed by atoms with Crippen molar-refractivity contribution in [2.45, 2.75) is 6.54 Å². The summed E-state index contributed by atoms with van der Waals surface area (Å²) in [6.07, 6.45) is 1.45. The number of carbonyl (C=O) groups is 1. The van der Waals surface area contributed by atoms with Gasteiger partial charge in [-0.15, -0.1) is 0 Å². The highest BCUT2D eigenvalue weighted by Crippen LogP contribution is 2.19. The van der Waals surface area contributed by atoms with Gasteiger partial charge in [0.15, 0.2) is 0 Å². The first kappa shape index (κ1) is 14.7. The van der Waals surface area contributed by atoms with Gasteiger partial charge in [0.2, 0.25) is 5.78 Å². The van der Waals surface area contributed by atoms with Crippen molar-refractivity contribution in [3.63, 3.8) is 0 Å². The number of ketones is 1. The Kier molecular flexibility index (Phi) is 4.52. The molecular formula is C14H15ClFN3O. The Balaban J connectivity index is 2.29. The summed E-state index contributed by atoms with van der Waals surface area (Å²) in [5.41, 5.74) is 0.722. The van der Waals surface area contributed by atoms with Crippen LogP contribution in [0.3, 0.4) is 0 Å². The fraction of sp³-hybridized carbons (Fsp3) is 0.286. The van der Waals surface area contributed by atoms with Crippen LogP contribution in [0.1, 0.15) is 16.1 Å². The van der Waals surface area contributed by atoms with Crippen LogP contribution in [0.15, 0.2) is 30.5 Å². The molecule has 6 heteroatoms. The maximum Gasteiger partial charge on any atom is 0.212 e. The summed E-state index contributed by atoms with van der Waals surface area (Å²) in [5.74, 6) is -0.639. The van der Waals surface area contributed by atoms with Gasteiger partial charge in [0.05, 0.1) is 17.8 Å². The molecule has 0 spiro atoms. The first-order chi connectivity index (χ1) is 9.49. The molecule has 0 atom stereocenters. The number of benzene rings is 1. The van der Waals surface area contributed by atoms with E-state index in [0.29, 0.717) is 22.8 Å². The van der Waals surface area contributed by atoms with Gasteiger partial charge in [0.25, 0.3) is 0 Å². The van der Waals surface area contributed by atoms with E-state index in [1.807, 2.05) is 19.0 Å². The van der Waals surface area contributed by atoms with E-state index in [-0.39, 0.29) is 11.6 Å². The van der Waals surface area contributed by atoms with Crippen LogP contribution < -0.4 is 0 Å². The van der Waals surface area contributed by atoms with Gasteiger partial charge >= 0.3 is 0 Å². The zero-order chi connectivity index (χ0) is 14.7. The number of hydrogen-bond acceptors (Lipinski definition) is 3. The average Bonchev–Trinajstić information content (AvgIpc) is 2.77. The first-order valence-electron chi connectivity index (χ1n) is 6.15. The molecule has 2 aromatic rings. The predicted octanol–water partition coefficient (Wildman–Crippen LogP) is 2.47. The van der Waals surface area contributed by atoms with E-state index < -0.39 is 0 Å². The summed E-state index contributed by atoms with van der Waals surface area (Å²) >= 11 is 6.04. The fourth-order valence-corrected chi connectivity index (χ4v) is 2.02. The van der Waals surface area contributed by atoms with Gasteiger partial charge in [-0.2, -0.15) is 5.10 Å². The Hall–Kier alpha value is -1.72. The molecule has 2 rings (SSSR count). The van der Waals surface area contributed by atoms with Crippen LogP contribution >= 0.6 is 11.6 Å². The summed E-state index contributed by atoms with van der Waals surface area (Å²) in [5, 5.41) is 4.42. The Labute approximate surface area is 121 Å². The topological polar surface area (TPSA) is 38.1 Å². The highest BCUT2D eigenvalue weighted by Gasteiger charge is 2.19. The summed E-state index contributed by atoms with van der Waals surface area (Å²) in [7, 11) is 3.87. The molecule has 0 aliphatic heterocycles. The Bertz CT molecular complexity index is 607. The quantitative estimate of drug-likeness (QED) is 0.795. The fourth-order valence-electron chi connectivity index (χ4n) is 1.79. The van der Waals surface area contributed by atoms with E-state index in [2.05, 4.69) is 5.10 Å². The van der Waals surface area contributed by atoms with E-state index in [1.54, 1.807) is 4.68 Å². The number of aromatic nitrogens is 2. The molecule has 0 unspecified atom stereocenters. The van der Waals surface area contributed by atoms with Crippen LogP contribution in [0.2, 0.25) is 5.02 Å². The predicted molar refractivity (Wildman–Crippen MR) is 75.6 cm³/mol. The summed E-state index contributed by atoms with van der Waals surface area (Å²) in [4.78, 5) is 14.4. The number of likely N-dealkylation sites (N-methyl/N-ethyl adjacent to an activating group) is 1. The van der Waals surface area contributed by atoms with Crippen molar-refractivity contribution in [1.29, 1.82) is 0 Å². The maximum absolute atomic E-state index is 12.9. The van der Waals surface area contributed by atoms with Crippen LogP contribution in [0.5, 0.6) is 0 Å². The molecule has 106 valence electrons. The normalized spacial score (nSPS) is 11.1. The molecule has 0 aliphatic carbocycles. The van der Waals surface area contributed by atoms with Crippen LogP contribution in [-0.2, 0) is 6.54 Å². The summed E-state index contributed by atoms with van der Waals surface area (Å²) in [6, 6.07) is 5.39. The van der Waals surface area contributed by atoms with Crippen molar-refractivity contribution >= 4 is 17.4 Å². The van der Waals surface area contributed by atoms with Gasteiger partial charge in [-0.1, -0.05) is 11.6 Å². The van der Waals surface area contributed by atoms with Gasteiger partial charge < -0.3 is 4.90 Å². The molecule has 1 heterocycles. The third-order valence-corrected chi connectivity index (χ3v) is 3.15. The lowest BCUT2D eigenvalue weighted by Crippen LogP contribution is -2.21. The minimum Gasteiger partial charge on any atom is -0.308 e. The molecular weight excluding hydrogens is 281 g/mol. The van der Waals surface area contributed by atoms with Crippen molar-refractivity contribution in [3.8, 4) is 0 Å². The van der Waals surface area contributed by atoms with E-state index in [1.165, 1.54) is 30.5 Å². The number of rotatable bonds is 5. The number of hydrogen-bond donors (Lipinski definition) is 0. The largest absolute Gasteiger partial charge is 0.308 e. The molecule has 0 radical (unpaired) electrons. The molecule has 1 aromatic heterocycles. The van der Waals surface area contributed by atoms with Crippen molar-refractivity contribution in [1.82, 2.24) is 14.7 Å². The minimum absolute atomic E-state index is 0.258. The van der Waals surface area contributed by atoms with E-state index in [4.69, 9.17) is 11.6 Å². The molecule has 0 saturated carbocycles. The smallest absolute Gasteiger partial charge is 0.212 e. The minimum atomic E-state index is -0.381. The van der Waals surface area contributed by atoms with E-state index in [0.717, 1.165) is 6.54 Å². The van der Waals surface area contributed by atoms with E-state index in [9.17, 15) is 9.18 Å². The Morgan fingerprint density at radius 3 is 2.60 bits per heavy atom. The van der Waals surface area contributed by atoms with Crippen molar-refractivity contribution in [3.05, 3.63) is 52.6 Å². The lowest BCUT2D eigenvalue weighted by Gasteiger charge is -2.11. The van der Waals surface area contributed by atoms with Crippen molar-refractivity contribution in [2.24, 2.45) is 0 Å². The highest BCUT2D eigenvalue weighted by molar-refractivity contribution is 6.34. The second kappa shape index (κ2) is 6.15. The molecule has 0 saturated heterocycles. The number of carbonyl (C=O) groups excluding carboxylic acids is 1. The molecule has 0 fully saturated rings. The van der Waals surface area contributed by atoms with Gasteiger partial charge in [-0.05, 0) is 38.4 Å². The molecule has 0 aliphatic rings. The highest BCUT2D eigenvalue weighted by atomic mass is 35.5. The number of halogens is 2. The van der Waals surface area contributed by atoms with Gasteiger partial charge in [0.1, 0.15) is 11.5 Å².